The first-order valence-electron chi connectivity index (χ1n) is 5.45. The molecule has 1 aliphatic rings. The summed E-state index contributed by atoms with van der Waals surface area (Å²) in [6.07, 6.45) is 1.71. The molecule has 0 amide bonds. The van der Waals surface area contributed by atoms with Crippen molar-refractivity contribution in [3.8, 4) is 0 Å². The van der Waals surface area contributed by atoms with Gasteiger partial charge in [0.1, 0.15) is 5.60 Å². The minimum atomic E-state index is -0.809. The lowest BCUT2D eigenvalue weighted by atomic mass is 9.91. The third kappa shape index (κ3) is 1.61. The van der Waals surface area contributed by atoms with Crippen molar-refractivity contribution < 1.29 is 14.6 Å². The van der Waals surface area contributed by atoms with E-state index in [9.17, 15) is 4.79 Å². The van der Waals surface area contributed by atoms with Gasteiger partial charge in [-0.25, -0.2) is 0 Å². The number of benzene rings is 1. The number of aryl methyl sites for hydroxylation is 1. The van der Waals surface area contributed by atoms with E-state index >= 15 is 0 Å². The molecule has 0 aliphatic heterocycles. The summed E-state index contributed by atoms with van der Waals surface area (Å²) in [7, 11) is 1.60. The van der Waals surface area contributed by atoms with Crippen molar-refractivity contribution in [1.29, 1.82) is 0 Å². The SMILES string of the molecule is COC1(CC(=O)O)CCc2c(C)cccc21. The molecule has 1 aromatic carbocycles. The average Bonchev–Trinajstić information content (AvgIpc) is 2.59. The Bertz CT molecular complexity index is 425. The lowest BCUT2D eigenvalue weighted by molar-refractivity contribution is -0.144. The maximum Gasteiger partial charge on any atom is 0.306 e. The van der Waals surface area contributed by atoms with E-state index in [2.05, 4.69) is 13.0 Å². The fourth-order valence-electron chi connectivity index (χ4n) is 2.63. The number of rotatable bonds is 3. The third-order valence-corrected chi connectivity index (χ3v) is 3.51. The van der Waals surface area contributed by atoms with E-state index in [1.165, 1.54) is 11.1 Å². The zero-order valence-corrected chi connectivity index (χ0v) is 9.62. The maximum atomic E-state index is 10.9. The van der Waals surface area contributed by atoms with Crippen LogP contribution in [0.1, 0.15) is 29.5 Å². The Morgan fingerprint density at radius 1 is 1.56 bits per heavy atom. The summed E-state index contributed by atoms with van der Waals surface area (Å²) < 4.78 is 5.51. The van der Waals surface area contributed by atoms with Crippen molar-refractivity contribution in [2.45, 2.75) is 31.8 Å². The highest BCUT2D eigenvalue weighted by atomic mass is 16.5. The van der Waals surface area contributed by atoms with Crippen LogP contribution in [0.15, 0.2) is 18.2 Å². The second-order valence-electron chi connectivity index (χ2n) is 4.37. The first kappa shape index (κ1) is 11.1. The molecule has 0 bridgehead atoms. The molecule has 1 unspecified atom stereocenters. The molecule has 0 radical (unpaired) electrons. The Labute approximate surface area is 95.0 Å². The van der Waals surface area contributed by atoms with Crippen LogP contribution in [0.4, 0.5) is 0 Å². The molecule has 1 atom stereocenters. The Morgan fingerprint density at radius 3 is 2.94 bits per heavy atom. The first-order valence-corrected chi connectivity index (χ1v) is 5.45. The van der Waals surface area contributed by atoms with Gasteiger partial charge in [-0.1, -0.05) is 18.2 Å². The summed E-state index contributed by atoms with van der Waals surface area (Å²) in [6.45, 7) is 2.06. The highest BCUT2D eigenvalue weighted by Crippen LogP contribution is 2.43. The number of ether oxygens (including phenoxy) is 1. The lowest BCUT2D eigenvalue weighted by Gasteiger charge is -2.27. The molecule has 0 saturated carbocycles. The predicted octanol–water partition coefficient (Wildman–Crippen LogP) is 2.26. The van der Waals surface area contributed by atoms with E-state index in [-0.39, 0.29) is 6.42 Å². The molecule has 3 heteroatoms. The standard InChI is InChI=1S/C13H16O3/c1-9-4-3-5-11-10(9)6-7-13(11,16-2)8-12(14)15/h3-5H,6-8H2,1-2H3,(H,14,15). The highest BCUT2D eigenvalue weighted by molar-refractivity contribution is 5.69. The summed E-state index contributed by atoms with van der Waals surface area (Å²) >= 11 is 0. The smallest absolute Gasteiger partial charge is 0.306 e. The van der Waals surface area contributed by atoms with Crippen molar-refractivity contribution in [2.24, 2.45) is 0 Å². The van der Waals surface area contributed by atoms with Crippen LogP contribution in [-0.2, 0) is 21.6 Å². The molecule has 1 aromatic rings. The van der Waals surface area contributed by atoms with Gasteiger partial charge in [0.2, 0.25) is 0 Å². The van der Waals surface area contributed by atoms with Crippen LogP contribution in [0.2, 0.25) is 0 Å². The summed E-state index contributed by atoms with van der Waals surface area (Å²) in [5.74, 6) is -0.809. The molecule has 0 spiro atoms. The molecule has 0 saturated heterocycles. The van der Waals surface area contributed by atoms with Crippen molar-refractivity contribution in [2.75, 3.05) is 7.11 Å². The van der Waals surface area contributed by atoms with Gasteiger partial charge < -0.3 is 9.84 Å². The molecule has 86 valence electrons. The van der Waals surface area contributed by atoms with Gasteiger partial charge in [-0.05, 0) is 36.5 Å². The first-order chi connectivity index (χ1) is 7.59. The number of carboxylic acid groups (broad SMARTS) is 1. The minimum Gasteiger partial charge on any atom is -0.481 e. The van der Waals surface area contributed by atoms with E-state index in [0.717, 1.165) is 18.4 Å². The molecule has 3 nitrogen and oxygen atoms in total. The number of carbonyl (C=O) groups is 1. The Kier molecular flexibility index (Phi) is 2.72. The molecule has 2 rings (SSSR count). The molecule has 0 heterocycles. The van der Waals surface area contributed by atoms with Crippen molar-refractivity contribution >= 4 is 5.97 Å². The van der Waals surface area contributed by atoms with Gasteiger partial charge in [0, 0.05) is 7.11 Å². The second kappa shape index (κ2) is 3.91. The van der Waals surface area contributed by atoms with Gasteiger partial charge in [0.15, 0.2) is 0 Å². The Morgan fingerprint density at radius 2 is 2.31 bits per heavy atom. The number of fused-ring (bicyclic) bond motifs is 1. The zero-order chi connectivity index (χ0) is 11.8. The summed E-state index contributed by atoms with van der Waals surface area (Å²) in [5, 5.41) is 8.99. The van der Waals surface area contributed by atoms with Gasteiger partial charge in [-0.15, -0.1) is 0 Å². The third-order valence-electron chi connectivity index (χ3n) is 3.51. The second-order valence-corrected chi connectivity index (χ2v) is 4.37. The van der Waals surface area contributed by atoms with Crippen LogP contribution in [0, 0.1) is 6.92 Å². The van der Waals surface area contributed by atoms with E-state index in [0.29, 0.717) is 0 Å². The Balaban J connectivity index is 2.47. The molecule has 0 aromatic heterocycles. The number of aliphatic carboxylic acids is 1. The number of hydrogen-bond acceptors (Lipinski definition) is 2. The monoisotopic (exact) mass is 220 g/mol. The maximum absolute atomic E-state index is 10.9. The van der Waals surface area contributed by atoms with Gasteiger partial charge in [-0.3, -0.25) is 4.79 Å². The summed E-state index contributed by atoms with van der Waals surface area (Å²) in [4.78, 5) is 10.9. The topological polar surface area (TPSA) is 46.5 Å². The van der Waals surface area contributed by atoms with E-state index in [1.807, 2.05) is 12.1 Å². The summed E-state index contributed by atoms with van der Waals surface area (Å²) in [5.41, 5.74) is 2.91. The molecule has 1 aliphatic carbocycles. The van der Waals surface area contributed by atoms with Gasteiger partial charge in [-0.2, -0.15) is 0 Å². The lowest BCUT2D eigenvalue weighted by Crippen LogP contribution is -2.28. The van der Waals surface area contributed by atoms with Crippen LogP contribution < -0.4 is 0 Å². The predicted molar refractivity (Wildman–Crippen MR) is 60.4 cm³/mol. The van der Waals surface area contributed by atoms with Crippen molar-refractivity contribution in [3.63, 3.8) is 0 Å². The molecular weight excluding hydrogens is 204 g/mol. The van der Waals surface area contributed by atoms with E-state index in [4.69, 9.17) is 9.84 Å². The molecular formula is C13H16O3. The fraction of sp³-hybridized carbons (Fsp3) is 0.462. The van der Waals surface area contributed by atoms with Crippen molar-refractivity contribution in [1.82, 2.24) is 0 Å². The van der Waals surface area contributed by atoms with Gasteiger partial charge >= 0.3 is 5.97 Å². The average molecular weight is 220 g/mol. The van der Waals surface area contributed by atoms with Crippen LogP contribution >= 0.6 is 0 Å². The van der Waals surface area contributed by atoms with Crippen molar-refractivity contribution in [3.05, 3.63) is 34.9 Å². The number of methoxy groups -OCH3 is 1. The van der Waals surface area contributed by atoms with Crippen LogP contribution in [0.3, 0.4) is 0 Å². The quantitative estimate of drug-likeness (QED) is 0.849. The van der Waals surface area contributed by atoms with Crippen LogP contribution in [-0.4, -0.2) is 18.2 Å². The minimum absolute atomic E-state index is 0.0416. The largest absolute Gasteiger partial charge is 0.481 e. The molecule has 0 fully saturated rings. The fourth-order valence-corrected chi connectivity index (χ4v) is 2.63. The van der Waals surface area contributed by atoms with E-state index < -0.39 is 11.6 Å². The number of hydrogen-bond donors (Lipinski definition) is 1. The van der Waals surface area contributed by atoms with Crippen LogP contribution in [0.5, 0.6) is 0 Å². The summed E-state index contributed by atoms with van der Waals surface area (Å²) in [6, 6.07) is 6.02. The van der Waals surface area contributed by atoms with Gasteiger partial charge in [0.05, 0.1) is 6.42 Å². The van der Waals surface area contributed by atoms with Crippen LogP contribution in [0.25, 0.3) is 0 Å². The molecule has 1 N–H and O–H groups in total. The number of carboxylic acids is 1. The molecule has 16 heavy (non-hydrogen) atoms. The Hall–Kier alpha value is -1.35. The van der Waals surface area contributed by atoms with E-state index in [1.54, 1.807) is 7.11 Å². The zero-order valence-electron chi connectivity index (χ0n) is 9.62. The van der Waals surface area contributed by atoms with Gasteiger partial charge in [0.25, 0.3) is 0 Å². The normalized spacial score (nSPS) is 23.1. The highest BCUT2D eigenvalue weighted by Gasteiger charge is 2.41.